The maximum absolute atomic E-state index is 10.1. The minimum Gasteiger partial charge on any atom is -0.507 e. The first-order valence-corrected chi connectivity index (χ1v) is 5.96. The van der Waals surface area contributed by atoms with Gasteiger partial charge in [0.1, 0.15) is 11.4 Å². The Balaban J connectivity index is 2.60. The zero-order valence-corrected chi connectivity index (χ0v) is 11.5. The van der Waals surface area contributed by atoms with Crippen LogP contribution in [-0.4, -0.2) is 41.4 Å². The van der Waals surface area contributed by atoms with E-state index in [1.165, 1.54) is 6.07 Å². The molecule has 0 spiro atoms. The van der Waals surface area contributed by atoms with Crippen LogP contribution < -0.4 is 10.2 Å². The van der Waals surface area contributed by atoms with Crippen molar-refractivity contribution >= 4 is 11.8 Å². The van der Waals surface area contributed by atoms with E-state index in [0.717, 1.165) is 0 Å². The second-order valence-electron chi connectivity index (χ2n) is 4.33. The zero-order chi connectivity index (χ0) is 14.7. The molecule has 0 amide bonds. The third kappa shape index (κ3) is 2.47. The van der Waals surface area contributed by atoms with Crippen LogP contribution in [0.25, 0.3) is 11.3 Å². The van der Waals surface area contributed by atoms with Gasteiger partial charge in [0, 0.05) is 32.3 Å². The fraction of sp³-hybridized carbons (Fsp3) is 0.214. The minimum absolute atomic E-state index is 0.0526. The Kier molecular flexibility index (Phi) is 3.71. The number of rotatable bonds is 3. The van der Waals surface area contributed by atoms with Crippen LogP contribution in [-0.2, 0) is 0 Å². The first-order chi connectivity index (χ1) is 9.56. The molecule has 2 rings (SSSR count). The number of phenolic OH excluding ortho intramolecular Hbond substituents is 1. The lowest BCUT2D eigenvalue weighted by Crippen LogP contribution is -2.15. The topological polar surface area (TPSA) is 74.2 Å². The molecule has 0 bridgehead atoms. The quantitative estimate of drug-likeness (QED) is 0.819. The van der Waals surface area contributed by atoms with E-state index in [2.05, 4.69) is 26.4 Å². The van der Waals surface area contributed by atoms with Gasteiger partial charge >= 0.3 is 0 Å². The van der Waals surface area contributed by atoms with Crippen molar-refractivity contribution in [1.82, 2.24) is 15.2 Å². The number of benzene rings is 1. The molecule has 0 atom stereocenters. The fourth-order valence-corrected chi connectivity index (χ4v) is 1.73. The van der Waals surface area contributed by atoms with Crippen molar-refractivity contribution in [3.05, 3.63) is 23.8 Å². The smallest absolute Gasteiger partial charge is 0.244 e. The van der Waals surface area contributed by atoms with Crippen LogP contribution in [0.2, 0.25) is 0 Å². The highest BCUT2D eigenvalue weighted by Gasteiger charge is 2.16. The predicted molar refractivity (Wildman–Crippen MR) is 78.7 cm³/mol. The van der Waals surface area contributed by atoms with E-state index in [1.807, 2.05) is 14.1 Å². The fourth-order valence-electron chi connectivity index (χ4n) is 1.73. The summed E-state index contributed by atoms with van der Waals surface area (Å²) in [5.41, 5.74) is 1.64. The van der Waals surface area contributed by atoms with Gasteiger partial charge in [-0.15, -0.1) is 16.6 Å². The van der Waals surface area contributed by atoms with Crippen LogP contribution in [0, 0.1) is 12.3 Å². The summed E-state index contributed by atoms with van der Waals surface area (Å²) in [6, 6.07) is 4.97. The number of nitrogens with one attached hydrogen (secondary N) is 1. The van der Waals surface area contributed by atoms with Gasteiger partial charge in [0.15, 0.2) is 5.82 Å². The van der Waals surface area contributed by atoms with Crippen molar-refractivity contribution in [3.8, 4) is 29.4 Å². The number of hydrogen-bond donors (Lipinski definition) is 2. The van der Waals surface area contributed by atoms with E-state index in [-0.39, 0.29) is 5.75 Å². The molecule has 0 aliphatic carbocycles. The average Bonchev–Trinajstić information content (AvgIpc) is 2.46. The van der Waals surface area contributed by atoms with Crippen molar-refractivity contribution in [3.63, 3.8) is 0 Å². The van der Waals surface area contributed by atoms with Gasteiger partial charge in [-0.1, -0.05) is 5.92 Å². The Labute approximate surface area is 117 Å². The summed E-state index contributed by atoms with van der Waals surface area (Å²) in [5, 5.41) is 21.0. The van der Waals surface area contributed by atoms with Crippen LogP contribution >= 0.6 is 0 Å². The average molecular weight is 269 g/mol. The highest BCUT2D eigenvalue weighted by molar-refractivity contribution is 5.77. The van der Waals surface area contributed by atoms with E-state index in [9.17, 15) is 5.11 Å². The summed E-state index contributed by atoms with van der Waals surface area (Å²) in [6.45, 7) is 0. The summed E-state index contributed by atoms with van der Waals surface area (Å²) in [4.78, 5) is 6.15. The number of aromatic hydroxyl groups is 1. The molecule has 6 heteroatoms. The van der Waals surface area contributed by atoms with E-state index < -0.39 is 0 Å². The van der Waals surface area contributed by atoms with Crippen LogP contribution in [0.3, 0.4) is 0 Å². The van der Waals surface area contributed by atoms with Gasteiger partial charge < -0.3 is 15.3 Å². The van der Waals surface area contributed by atoms with Crippen molar-refractivity contribution in [1.29, 1.82) is 0 Å². The minimum atomic E-state index is 0.0526. The lowest BCUT2D eigenvalue weighted by Gasteiger charge is -2.16. The maximum atomic E-state index is 10.1. The van der Waals surface area contributed by atoms with E-state index in [1.54, 1.807) is 24.1 Å². The van der Waals surface area contributed by atoms with Crippen molar-refractivity contribution in [2.45, 2.75) is 0 Å². The van der Waals surface area contributed by atoms with E-state index in [4.69, 9.17) is 6.42 Å². The van der Waals surface area contributed by atoms with Gasteiger partial charge in [-0.25, -0.2) is 0 Å². The Morgan fingerprint density at radius 1 is 1.30 bits per heavy atom. The molecule has 1 aromatic heterocycles. The first kappa shape index (κ1) is 13.6. The van der Waals surface area contributed by atoms with Gasteiger partial charge in [0.05, 0.1) is 0 Å². The molecule has 0 unspecified atom stereocenters. The molecule has 1 aromatic carbocycles. The van der Waals surface area contributed by atoms with Gasteiger partial charge in [-0.3, -0.25) is 0 Å². The van der Waals surface area contributed by atoms with Crippen molar-refractivity contribution < 1.29 is 5.11 Å². The van der Waals surface area contributed by atoms with Gasteiger partial charge in [-0.05, 0) is 18.2 Å². The number of aromatic nitrogens is 3. The van der Waals surface area contributed by atoms with E-state index in [0.29, 0.717) is 28.6 Å². The largest absolute Gasteiger partial charge is 0.507 e. The lowest BCUT2D eigenvalue weighted by molar-refractivity contribution is 0.477. The molecule has 0 radical (unpaired) electrons. The standard InChI is InChI=1S/C14H15N5O/c1-5-9-6-7-10(11(20)8-9)12-13(19(3)4)16-14(15-2)18-17-12/h1,6-8,20H,2-4H3,(H,15,16,18). The molecule has 1 heterocycles. The van der Waals surface area contributed by atoms with Gasteiger partial charge in [0.2, 0.25) is 5.95 Å². The van der Waals surface area contributed by atoms with Crippen molar-refractivity contribution in [2.75, 3.05) is 31.4 Å². The number of anilines is 2. The lowest BCUT2D eigenvalue weighted by atomic mass is 10.1. The number of hydrogen-bond acceptors (Lipinski definition) is 6. The van der Waals surface area contributed by atoms with Crippen LogP contribution in [0.1, 0.15) is 5.56 Å². The summed E-state index contributed by atoms with van der Waals surface area (Å²) < 4.78 is 0. The Morgan fingerprint density at radius 3 is 2.60 bits per heavy atom. The number of nitrogens with zero attached hydrogens (tertiary/aromatic N) is 4. The van der Waals surface area contributed by atoms with Crippen LogP contribution in [0.5, 0.6) is 5.75 Å². The zero-order valence-electron chi connectivity index (χ0n) is 11.5. The Bertz CT molecular complexity index is 676. The molecular formula is C14H15N5O. The molecule has 2 aromatic rings. The number of phenols is 1. The second-order valence-corrected chi connectivity index (χ2v) is 4.33. The van der Waals surface area contributed by atoms with Gasteiger partial charge in [-0.2, -0.15) is 4.98 Å². The van der Waals surface area contributed by atoms with Crippen LogP contribution in [0.15, 0.2) is 18.2 Å². The summed E-state index contributed by atoms with van der Waals surface area (Å²) in [5.74, 6) is 3.54. The Hall–Kier alpha value is -2.81. The monoisotopic (exact) mass is 269 g/mol. The molecule has 0 fully saturated rings. The Morgan fingerprint density at radius 2 is 2.05 bits per heavy atom. The third-order valence-electron chi connectivity index (χ3n) is 2.74. The first-order valence-electron chi connectivity index (χ1n) is 5.96. The van der Waals surface area contributed by atoms with Crippen LogP contribution in [0.4, 0.5) is 11.8 Å². The third-order valence-corrected chi connectivity index (χ3v) is 2.74. The SMILES string of the molecule is C#Cc1ccc(-c2nnc(NC)nc2N(C)C)c(O)c1. The van der Waals surface area contributed by atoms with E-state index >= 15 is 0 Å². The van der Waals surface area contributed by atoms with Crippen molar-refractivity contribution in [2.24, 2.45) is 0 Å². The summed E-state index contributed by atoms with van der Waals surface area (Å²) in [7, 11) is 5.41. The molecule has 20 heavy (non-hydrogen) atoms. The van der Waals surface area contributed by atoms with Gasteiger partial charge in [0.25, 0.3) is 0 Å². The molecule has 102 valence electrons. The molecule has 6 nitrogen and oxygen atoms in total. The molecule has 0 aliphatic heterocycles. The molecule has 0 saturated carbocycles. The molecular weight excluding hydrogens is 254 g/mol. The number of terminal acetylenes is 1. The normalized spacial score (nSPS) is 9.90. The highest BCUT2D eigenvalue weighted by Crippen LogP contribution is 2.33. The molecule has 2 N–H and O–H groups in total. The second kappa shape index (κ2) is 5.45. The maximum Gasteiger partial charge on any atom is 0.244 e. The predicted octanol–water partition coefficient (Wildman–Crippen LogP) is 1.33. The molecule has 0 saturated heterocycles. The molecule has 0 aliphatic rings. The highest BCUT2D eigenvalue weighted by atomic mass is 16.3. The summed E-state index contributed by atoms with van der Waals surface area (Å²) >= 11 is 0. The summed E-state index contributed by atoms with van der Waals surface area (Å²) in [6.07, 6.45) is 5.31.